The molecule has 32 heavy (non-hydrogen) atoms. The molecule has 0 fully saturated rings. The second-order valence-corrected chi connectivity index (χ2v) is 8.29. The molecule has 0 N–H and O–H groups in total. The Bertz CT molecular complexity index is 1600. The van der Waals surface area contributed by atoms with Crippen LogP contribution in [-0.2, 0) is 0 Å². The van der Waals surface area contributed by atoms with Crippen LogP contribution < -0.4 is 5.01 Å². The maximum atomic E-state index is 2.38. The predicted molar refractivity (Wildman–Crippen MR) is 135 cm³/mol. The summed E-state index contributed by atoms with van der Waals surface area (Å²) in [6, 6.07) is 34.7. The molecule has 1 aliphatic rings. The number of para-hydroxylation sites is 4. The molecule has 6 aromatic rings. The molecule has 0 unspecified atom stereocenters. The summed E-state index contributed by atoms with van der Waals surface area (Å²) in [4.78, 5) is 0. The molecule has 3 heteroatoms. The van der Waals surface area contributed by atoms with Gasteiger partial charge in [-0.1, -0.05) is 78.9 Å². The molecule has 2 aromatic heterocycles. The fourth-order valence-corrected chi connectivity index (χ4v) is 5.18. The first kappa shape index (κ1) is 17.4. The van der Waals surface area contributed by atoms with Gasteiger partial charge in [-0.3, -0.25) is 9.69 Å². The van der Waals surface area contributed by atoms with E-state index in [2.05, 4.69) is 130 Å². The van der Waals surface area contributed by atoms with Crippen LogP contribution in [0.25, 0.3) is 49.3 Å². The highest BCUT2D eigenvalue weighted by Crippen LogP contribution is 2.34. The SMILES string of the molecule is C1=CC(n2c3ccccc3c3ccccc32)=CN(n2c3ccccc3c3ccccc32)C1. The van der Waals surface area contributed by atoms with E-state index < -0.39 is 0 Å². The van der Waals surface area contributed by atoms with Crippen LogP contribution >= 0.6 is 0 Å². The second kappa shape index (κ2) is 6.63. The van der Waals surface area contributed by atoms with Crippen LogP contribution in [-0.4, -0.2) is 15.8 Å². The molecular weight excluding hydrogens is 390 g/mol. The van der Waals surface area contributed by atoms with Crippen LogP contribution in [0.2, 0.25) is 0 Å². The van der Waals surface area contributed by atoms with E-state index in [1.54, 1.807) is 0 Å². The van der Waals surface area contributed by atoms with Gasteiger partial charge in [0.05, 0.1) is 34.3 Å². The number of benzene rings is 4. The summed E-state index contributed by atoms with van der Waals surface area (Å²) >= 11 is 0. The third kappa shape index (κ3) is 2.36. The Balaban J connectivity index is 1.50. The van der Waals surface area contributed by atoms with Gasteiger partial charge in [0, 0.05) is 27.7 Å². The zero-order chi connectivity index (χ0) is 21.1. The molecule has 0 spiro atoms. The quantitative estimate of drug-likeness (QED) is 0.302. The summed E-state index contributed by atoms with van der Waals surface area (Å²) in [6.45, 7) is 0.823. The Labute approximate surface area is 185 Å². The van der Waals surface area contributed by atoms with E-state index in [1.165, 1.54) is 43.6 Å². The number of hydrogen-bond donors (Lipinski definition) is 0. The molecule has 3 nitrogen and oxygen atoms in total. The van der Waals surface area contributed by atoms with Crippen molar-refractivity contribution in [1.29, 1.82) is 0 Å². The largest absolute Gasteiger partial charge is 0.308 e. The van der Waals surface area contributed by atoms with Crippen molar-refractivity contribution in [3.8, 4) is 0 Å². The summed E-state index contributed by atoms with van der Waals surface area (Å²) in [6.07, 6.45) is 6.77. The van der Waals surface area contributed by atoms with Crippen molar-refractivity contribution >= 4 is 49.3 Å². The van der Waals surface area contributed by atoms with Gasteiger partial charge in [0.15, 0.2) is 0 Å². The minimum Gasteiger partial charge on any atom is -0.308 e. The highest BCUT2D eigenvalue weighted by Gasteiger charge is 2.18. The van der Waals surface area contributed by atoms with Gasteiger partial charge in [0.1, 0.15) is 0 Å². The monoisotopic (exact) mass is 411 g/mol. The summed E-state index contributed by atoms with van der Waals surface area (Å²) < 4.78 is 4.73. The number of allylic oxidation sites excluding steroid dienone is 2. The smallest absolute Gasteiger partial charge is 0.0712 e. The highest BCUT2D eigenvalue weighted by molar-refractivity contribution is 6.11. The lowest BCUT2D eigenvalue weighted by molar-refractivity contribution is 0.774. The van der Waals surface area contributed by atoms with E-state index in [-0.39, 0.29) is 0 Å². The Morgan fingerprint density at radius 1 is 0.500 bits per heavy atom. The van der Waals surface area contributed by atoms with Crippen LogP contribution in [0.5, 0.6) is 0 Å². The lowest BCUT2D eigenvalue weighted by atomic mass is 10.2. The van der Waals surface area contributed by atoms with Gasteiger partial charge in [-0.05, 0) is 30.3 Å². The lowest BCUT2D eigenvalue weighted by Crippen LogP contribution is -2.31. The zero-order valence-electron chi connectivity index (χ0n) is 17.5. The van der Waals surface area contributed by atoms with Crippen LogP contribution in [0.3, 0.4) is 0 Å². The molecule has 7 rings (SSSR count). The molecule has 0 amide bonds. The lowest BCUT2D eigenvalue weighted by Gasteiger charge is -2.27. The topological polar surface area (TPSA) is 13.1 Å². The first-order chi connectivity index (χ1) is 15.9. The van der Waals surface area contributed by atoms with Crippen LogP contribution in [0.4, 0.5) is 0 Å². The minimum atomic E-state index is 0.823. The van der Waals surface area contributed by atoms with Crippen molar-refractivity contribution in [2.45, 2.75) is 0 Å². The molecule has 4 aromatic carbocycles. The first-order valence-electron chi connectivity index (χ1n) is 11.0. The third-order valence-corrected chi connectivity index (χ3v) is 6.51. The molecule has 0 radical (unpaired) electrons. The van der Waals surface area contributed by atoms with Crippen LogP contribution in [0, 0.1) is 0 Å². The van der Waals surface area contributed by atoms with Crippen LogP contribution in [0.15, 0.2) is 115 Å². The summed E-state index contributed by atoms with van der Waals surface area (Å²) in [5.41, 5.74) is 6.07. The number of rotatable bonds is 2. The Kier molecular flexibility index (Phi) is 3.61. The standard InChI is InChI=1S/C29H21N3/c1-5-15-26-22(11-1)23-12-2-6-16-27(23)31(26)21-10-9-19-30(20-21)32-28-17-7-3-13-24(28)25-14-4-8-18-29(25)32/h1-18,20H,19H2. The van der Waals surface area contributed by atoms with Crippen molar-refractivity contribution in [1.82, 2.24) is 9.24 Å². The van der Waals surface area contributed by atoms with E-state index in [1.807, 2.05) is 0 Å². The third-order valence-electron chi connectivity index (χ3n) is 6.51. The molecule has 1 aliphatic heterocycles. The number of hydrogen-bond acceptors (Lipinski definition) is 1. The van der Waals surface area contributed by atoms with Gasteiger partial charge >= 0.3 is 0 Å². The van der Waals surface area contributed by atoms with Crippen LogP contribution in [0.1, 0.15) is 0 Å². The zero-order valence-corrected chi connectivity index (χ0v) is 17.5. The molecule has 0 aliphatic carbocycles. The van der Waals surface area contributed by atoms with Crippen molar-refractivity contribution < 1.29 is 0 Å². The summed E-state index contributed by atoms with van der Waals surface area (Å²) in [5, 5.41) is 7.45. The first-order valence-corrected chi connectivity index (χ1v) is 11.0. The Morgan fingerprint density at radius 2 is 0.938 bits per heavy atom. The van der Waals surface area contributed by atoms with E-state index in [4.69, 9.17) is 0 Å². The highest BCUT2D eigenvalue weighted by atomic mass is 15.5. The van der Waals surface area contributed by atoms with E-state index in [9.17, 15) is 0 Å². The molecule has 0 saturated carbocycles. The fraction of sp³-hybridized carbons (Fsp3) is 0.0345. The van der Waals surface area contributed by atoms with E-state index >= 15 is 0 Å². The molecular formula is C29H21N3. The van der Waals surface area contributed by atoms with Gasteiger partial charge in [0.2, 0.25) is 0 Å². The number of nitrogens with zero attached hydrogens (tertiary/aromatic N) is 3. The van der Waals surface area contributed by atoms with E-state index in [0.29, 0.717) is 0 Å². The predicted octanol–water partition coefficient (Wildman–Crippen LogP) is 6.91. The molecule has 0 bridgehead atoms. The molecule has 0 saturated heterocycles. The molecule has 3 heterocycles. The Morgan fingerprint density at radius 3 is 1.47 bits per heavy atom. The molecule has 152 valence electrons. The van der Waals surface area contributed by atoms with Gasteiger partial charge in [-0.15, -0.1) is 0 Å². The maximum absolute atomic E-state index is 2.38. The maximum Gasteiger partial charge on any atom is 0.0712 e. The van der Waals surface area contributed by atoms with Gasteiger partial charge in [-0.2, -0.15) is 0 Å². The number of fused-ring (bicyclic) bond motifs is 6. The van der Waals surface area contributed by atoms with Gasteiger partial charge in [-0.25, -0.2) is 0 Å². The Hall–Kier alpha value is -4.24. The van der Waals surface area contributed by atoms with Crippen molar-refractivity contribution in [3.63, 3.8) is 0 Å². The van der Waals surface area contributed by atoms with Crippen molar-refractivity contribution in [2.75, 3.05) is 11.6 Å². The minimum absolute atomic E-state index is 0.823. The summed E-state index contributed by atoms with van der Waals surface area (Å²) in [5.74, 6) is 0. The van der Waals surface area contributed by atoms with Gasteiger partial charge < -0.3 is 4.57 Å². The van der Waals surface area contributed by atoms with Crippen molar-refractivity contribution in [2.24, 2.45) is 0 Å². The van der Waals surface area contributed by atoms with Crippen molar-refractivity contribution in [3.05, 3.63) is 115 Å². The molecule has 0 atom stereocenters. The second-order valence-electron chi connectivity index (χ2n) is 8.29. The normalized spacial score (nSPS) is 14.1. The van der Waals surface area contributed by atoms with E-state index in [0.717, 1.165) is 12.2 Å². The average molecular weight is 412 g/mol. The average Bonchev–Trinajstić information content (AvgIpc) is 3.37. The van der Waals surface area contributed by atoms with Gasteiger partial charge in [0.25, 0.3) is 0 Å². The fourth-order valence-electron chi connectivity index (χ4n) is 5.18. The number of aromatic nitrogens is 2. The summed E-state index contributed by atoms with van der Waals surface area (Å²) in [7, 11) is 0.